The van der Waals surface area contributed by atoms with Crippen LogP contribution in [-0.4, -0.2) is 17.9 Å². The molecule has 3 aromatic rings. The largest absolute Gasteiger partial charge is 0.369 e. The fourth-order valence-corrected chi connectivity index (χ4v) is 2.85. The maximum Gasteiger partial charge on any atom is 0.257 e. The number of nitrogens with one attached hydrogen (secondary N) is 1. The number of pyridine rings is 1. The van der Waals surface area contributed by atoms with E-state index in [4.69, 9.17) is 0 Å². The van der Waals surface area contributed by atoms with Crippen LogP contribution >= 0.6 is 15.9 Å². The molecule has 3 rings (SSSR count). The van der Waals surface area contributed by atoms with Crippen LogP contribution in [0.3, 0.4) is 0 Å². The minimum absolute atomic E-state index is 0.186. The number of anilines is 2. The fraction of sp³-hybridized carbons (Fsp3) is 0.100. The third-order valence-corrected chi connectivity index (χ3v) is 4.50. The number of benzene rings is 2. The van der Waals surface area contributed by atoms with E-state index in [1.807, 2.05) is 55.6 Å². The fourth-order valence-electron chi connectivity index (χ4n) is 2.47. The van der Waals surface area contributed by atoms with Crippen LogP contribution in [0, 0.1) is 0 Å². The molecule has 1 N–H and O–H groups in total. The maximum atomic E-state index is 12.5. The van der Waals surface area contributed by atoms with E-state index in [0.29, 0.717) is 5.56 Å². The van der Waals surface area contributed by atoms with Gasteiger partial charge in [0, 0.05) is 24.3 Å². The molecule has 0 aliphatic rings. The van der Waals surface area contributed by atoms with Gasteiger partial charge in [-0.15, -0.1) is 0 Å². The van der Waals surface area contributed by atoms with Gasteiger partial charge in [0.25, 0.3) is 5.91 Å². The smallest absolute Gasteiger partial charge is 0.257 e. The van der Waals surface area contributed by atoms with Crippen molar-refractivity contribution in [1.82, 2.24) is 4.98 Å². The molecule has 0 unspecified atom stereocenters. The second kappa shape index (κ2) is 7.94. The zero-order valence-electron chi connectivity index (χ0n) is 13.8. The highest BCUT2D eigenvalue weighted by Crippen LogP contribution is 2.22. The van der Waals surface area contributed by atoms with E-state index in [0.717, 1.165) is 22.4 Å². The maximum absolute atomic E-state index is 12.5. The second-order valence-corrected chi connectivity index (χ2v) is 6.56. The molecule has 0 aliphatic heterocycles. The quantitative estimate of drug-likeness (QED) is 0.678. The molecule has 1 amide bonds. The summed E-state index contributed by atoms with van der Waals surface area (Å²) in [7, 11) is 1.99. The van der Waals surface area contributed by atoms with E-state index in [-0.39, 0.29) is 5.91 Å². The van der Waals surface area contributed by atoms with Gasteiger partial charge in [0.2, 0.25) is 0 Å². The molecule has 0 aliphatic carbocycles. The van der Waals surface area contributed by atoms with Crippen LogP contribution in [0.25, 0.3) is 0 Å². The van der Waals surface area contributed by atoms with Crippen molar-refractivity contribution in [3.05, 3.63) is 88.7 Å². The van der Waals surface area contributed by atoms with Gasteiger partial charge in [-0.1, -0.05) is 42.5 Å². The molecule has 0 fully saturated rings. The Labute approximate surface area is 155 Å². The van der Waals surface area contributed by atoms with Crippen LogP contribution < -0.4 is 10.2 Å². The number of nitrogens with zero attached hydrogens (tertiary/aromatic N) is 2. The number of aromatic nitrogens is 1. The van der Waals surface area contributed by atoms with Gasteiger partial charge in [-0.25, -0.2) is 0 Å². The predicted molar refractivity (Wildman–Crippen MR) is 105 cm³/mol. The monoisotopic (exact) mass is 395 g/mol. The Balaban J connectivity index is 1.74. The summed E-state index contributed by atoms with van der Waals surface area (Å²) >= 11 is 3.43. The molecule has 0 saturated heterocycles. The summed E-state index contributed by atoms with van der Waals surface area (Å²) in [6.07, 6.45) is 3.34. The van der Waals surface area contributed by atoms with Crippen LogP contribution in [0.2, 0.25) is 0 Å². The molecule has 0 atom stereocenters. The summed E-state index contributed by atoms with van der Waals surface area (Å²) in [4.78, 5) is 18.8. The van der Waals surface area contributed by atoms with Crippen LogP contribution in [0.4, 0.5) is 11.4 Å². The Morgan fingerprint density at radius 2 is 1.80 bits per heavy atom. The minimum Gasteiger partial charge on any atom is -0.369 e. The molecule has 0 bridgehead atoms. The molecule has 4 nitrogen and oxygen atoms in total. The van der Waals surface area contributed by atoms with E-state index >= 15 is 0 Å². The summed E-state index contributed by atoms with van der Waals surface area (Å²) in [5.41, 5.74) is 3.35. The summed E-state index contributed by atoms with van der Waals surface area (Å²) in [5.74, 6) is -0.186. The first kappa shape index (κ1) is 17.2. The number of amides is 1. The molecule has 0 radical (unpaired) electrons. The van der Waals surface area contributed by atoms with Crippen molar-refractivity contribution in [1.29, 1.82) is 0 Å². The van der Waals surface area contributed by atoms with Gasteiger partial charge >= 0.3 is 0 Å². The number of hydrogen-bond donors (Lipinski definition) is 1. The zero-order chi connectivity index (χ0) is 17.6. The van der Waals surface area contributed by atoms with Crippen LogP contribution in [0.5, 0.6) is 0 Å². The van der Waals surface area contributed by atoms with E-state index in [2.05, 4.69) is 43.3 Å². The van der Waals surface area contributed by atoms with Gasteiger partial charge in [-0.3, -0.25) is 9.78 Å². The van der Waals surface area contributed by atoms with Crippen LogP contribution in [0.15, 0.2) is 77.5 Å². The zero-order valence-corrected chi connectivity index (χ0v) is 15.4. The Morgan fingerprint density at radius 1 is 1.08 bits per heavy atom. The Hall–Kier alpha value is -2.66. The third kappa shape index (κ3) is 4.45. The topological polar surface area (TPSA) is 45.2 Å². The highest BCUT2D eigenvalue weighted by atomic mass is 79.9. The lowest BCUT2D eigenvalue weighted by Gasteiger charge is -2.19. The third-order valence-electron chi connectivity index (χ3n) is 3.81. The van der Waals surface area contributed by atoms with Crippen molar-refractivity contribution in [3.8, 4) is 0 Å². The number of hydrogen-bond acceptors (Lipinski definition) is 3. The summed E-state index contributed by atoms with van der Waals surface area (Å²) in [5, 5.41) is 2.90. The van der Waals surface area contributed by atoms with Gasteiger partial charge in [-0.05, 0) is 39.7 Å². The van der Waals surface area contributed by atoms with Crippen molar-refractivity contribution in [2.45, 2.75) is 6.54 Å². The van der Waals surface area contributed by atoms with Crippen LogP contribution in [-0.2, 0) is 6.54 Å². The first-order chi connectivity index (χ1) is 12.1. The summed E-state index contributed by atoms with van der Waals surface area (Å²) < 4.78 is 0.841. The van der Waals surface area contributed by atoms with Gasteiger partial charge in [-0.2, -0.15) is 0 Å². The molecule has 2 aromatic carbocycles. The Kier molecular flexibility index (Phi) is 5.46. The molecule has 126 valence electrons. The Bertz CT molecular complexity index is 868. The van der Waals surface area contributed by atoms with Gasteiger partial charge in [0.1, 0.15) is 0 Å². The van der Waals surface area contributed by atoms with E-state index in [1.54, 1.807) is 12.4 Å². The SMILES string of the molecule is CN(Cc1ccccc1)c1cncc(C(=O)Nc2ccccc2Br)c1. The van der Waals surface area contributed by atoms with Crippen molar-refractivity contribution in [3.63, 3.8) is 0 Å². The predicted octanol–water partition coefficient (Wildman–Crippen LogP) is 4.73. The molecule has 5 heteroatoms. The lowest BCUT2D eigenvalue weighted by Crippen LogP contribution is -2.18. The molecule has 0 spiro atoms. The molecular weight excluding hydrogens is 378 g/mol. The number of halogens is 1. The standard InChI is InChI=1S/C20H18BrN3O/c1-24(14-15-7-3-2-4-8-15)17-11-16(12-22-13-17)20(25)23-19-10-6-5-9-18(19)21/h2-13H,14H2,1H3,(H,23,25). The van der Waals surface area contributed by atoms with Crippen molar-refractivity contribution in [2.75, 3.05) is 17.3 Å². The van der Waals surface area contributed by atoms with E-state index in [9.17, 15) is 4.79 Å². The minimum atomic E-state index is -0.186. The molecular formula is C20H18BrN3O. The van der Waals surface area contributed by atoms with Crippen LogP contribution in [0.1, 0.15) is 15.9 Å². The highest BCUT2D eigenvalue weighted by molar-refractivity contribution is 9.10. The number of carbonyl (C=O) groups excluding carboxylic acids is 1. The second-order valence-electron chi connectivity index (χ2n) is 5.71. The molecule has 25 heavy (non-hydrogen) atoms. The lowest BCUT2D eigenvalue weighted by atomic mass is 10.2. The van der Waals surface area contributed by atoms with Gasteiger partial charge < -0.3 is 10.2 Å². The Morgan fingerprint density at radius 3 is 2.56 bits per heavy atom. The highest BCUT2D eigenvalue weighted by Gasteiger charge is 2.11. The number of carbonyl (C=O) groups is 1. The lowest BCUT2D eigenvalue weighted by molar-refractivity contribution is 0.102. The van der Waals surface area contributed by atoms with Crippen molar-refractivity contribution >= 4 is 33.2 Å². The molecule has 0 saturated carbocycles. The molecule has 1 aromatic heterocycles. The van der Waals surface area contributed by atoms with Gasteiger partial charge in [0.05, 0.1) is 23.1 Å². The van der Waals surface area contributed by atoms with Crippen molar-refractivity contribution < 1.29 is 4.79 Å². The molecule has 1 heterocycles. The first-order valence-electron chi connectivity index (χ1n) is 7.89. The summed E-state index contributed by atoms with van der Waals surface area (Å²) in [6.45, 7) is 0.748. The normalized spacial score (nSPS) is 10.3. The van der Waals surface area contributed by atoms with Gasteiger partial charge in [0.15, 0.2) is 0 Å². The van der Waals surface area contributed by atoms with E-state index < -0.39 is 0 Å². The number of para-hydroxylation sites is 1. The average Bonchev–Trinajstić information content (AvgIpc) is 2.64. The average molecular weight is 396 g/mol. The van der Waals surface area contributed by atoms with Crippen molar-refractivity contribution in [2.24, 2.45) is 0 Å². The van der Waals surface area contributed by atoms with E-state index in [1.165, 1.54) is 5.56 Å². The number of rotatable bonds is 5. The first-order valence-corrected chi connectivity index (χ1v) is 8.69. The summed E-state index contributed by atoms with van der Waals surface area (Å²) in [6, 6.07) is 19.6.